The van der Waals surface area contributed by atoms with Crippen molar-refractivity contribution < 1.29 is 14.5 Å². The van der Waals surface area contributed by atoms with Crippen LogP contribution in [-0.4, -0.2) is 17.2 Å². The Labute approximate surface area is 93.2 Å². The molecule has 1 heterocycles. The molecule has 1 aliphatic carbocycles. The summed E-state index contributed by atoms with van der Waals surface area (Å²) in [5.41, 5.74) is 2.37. The summed E-state index contributed by atoms with van der Waals surface area (Å²) in [5.74, 6) is 0.988. The fraction of sp³-hybridized carbons (Fsp3) is 0.167. The lowest BCUT2D eigenvalue weighted by Crippen LogP contribution is -2.29. The van der Waals surface area contributed by atoms with Gasteiger partial charge in [-0.1, -0.05) is 24.3 Å². The quantitative estimate of drug-likeness (QED) is 0.698. The fourth-order valence-electron chi connectivity index (χ4n) is 2.13. The summed E-state index contributed by atoms with van der Waals surface area (Å²) in [7, 11) is -1.43. The zero-order valence-electron chi connectivity index (χ0n) is 8.68. The van der Waals surface area contributed by atoms with E-state index < -0.39 is 7.12 Å². The van der Waals surface area contributed by atoms with Crippen molar-refractivity contribution in [1.29, 1.82) is 0 Å². The molecule has 0 fully saturated rings. The molecule has 0 bridgehead atoms. The zero-order valence-corrected chi connectivity index (χ0v) is 8.68. The highest BCUT2D eigenvalue weighted by atomic mass is 16.4. The Morgan fingerprint density at radius 3 is 2.94 bits per heavy atom. The standard InChI is InChI=1S/C12H11BO3/c14-13(15)8-5-6-12-10(7-8)9-3-1-2-4-11(9)16-12/h1,3,5-7,14-15H,2,4H2. The monoisotopic (exact) mass is 214 g/mol. The fourth-order valence-corrected chi connectivity index (χ4v) is 2.13. The Morgan fingerprint density at radius 2 is 2.12 bits per heavy atom. The highest BCUT2D eigenvalue weighted by Crippen LogP contribution is 2.30. The van der Waals surface area contributed by atoms with Crippen molar-refractivity contribution in [2.45, 2.75) is 12.8 Å². The summed E-state index contributed by atoms with van der Waals surface area (Å²) in [6, 6.07) is 5.24. The average molecular weight is 214 g/mol. The number of allylic oxidation sites excluding steroid dienone is 1. The van der Waals surface area contributed by atoms with Gasteiger partial charge in [-0.2, -0.15) is 0 Å². The predicted molar refractivity (Wildman–Crippen MR) is 63.4 cm³/mol. The normalized spacial score (nSPS) is 14.1. The Kier molecular flexibility index (Phi) is 2.12. The number of hydrogen-bond acceptors (Lipinski definition) is 3. The van der Waals surface area contributed by atoms with Gasteiger partial charge in [0, 0.05) is 17.4 Å². The van der Waals surface area contributed by atoms with Gasteiger partial charge in [-0.25, -0.2) is 0 Å². The molecule has 4 heteroatoms. The molecule has 80 valence electrons. The molecule has 0 atom stereocenters. The van der Waals surface area contributed by atoms with Crippen LogP contribution in [0.15, 0.2) is 28.7 Å². The van der Waals surface area contributed by atoms with Crippen LogP contribution in [0.4, 0.5) is 0 Å². The first-order valence-corrected chi connectivity index (χ1v) is 5.34. The van der Waals surface area contributed by atoms with Crippen LogP contribution in [0.2, 0.25) is 0 Å². The number of benzene rings is 1. The van der Waals surface area contributed by atoms with Gasteiger partial charge in [0.2, 0.25) is 0 Å². The molecule has 0 unspecified atom stereocenters. The van der Waals surface area contributed by atoms with Crippen molar-refractivity contribution in [2.75, 3.05) is 0 Å². The Balaban J connectivity index is 2.26. The van der Waals surface area contributed by atoms with Crippen molar-refractivity contribution in [1.82, 2.24) is 0 Å². The minimum absolute atomic E-state index is 0.495. The molecule has 0 amide bonds. The predicted octanol–water partition coefficient (Wildman–Crippen LogP) is 1.07. The number of aryl methyl sites for hydroxylation is 1. The number of fused-ring (bicyclic) bond motifs is 3. The van der Waals surface area contributed by atoms with E-state index in [0.717, 1.165) is 35.1 Å². The maximum Gasteiger partial charge on any atom is 0.488 e. The molecule has 3 nitrogen and oxygen atoms in total. The summed E-state index contributed by atoms with van der Waals surface area (Å²) >= 11 is 0. The molecule has 3 rings (SSSR count). The number of hydrogen-bond donors (Lipinski definition) is 2. The van der Waals surface area contributed by atoms with E-state index in [-0.39, 0.29) is 0 Å². The second-order valence-corrected chi connectivity index (χ2v) is 4.01. The topological polar surface area (TPSA) is 53.6 Å². The first-order valence-electron chi connectivity index (χ1n) is 5.34. The van der Waals surface area contributed by atoms with E-state index in [9.17, 15) is 0 Å². The van der Waals surface area contributed by atoms with Crippen molar-refractivity contribution in [3.63, 3.8) is 0 Å². The molecule has 0 saturated carbocycles. The van der Waals surface area contributed by atoms with E-state index in [1.807, 2.05) is 6.08 Å². The second-order valence-electron chi connectivity index (χ2n) is 4.01. The molecule has 16 heavy (non-hydrogen) atoms. The van der Waals surface area contributed by atoms with Crippen LogP contribution in [0.5, 0.6) is 0 Å². The van der Waals surface area contributed by atoms with Crippen LogP contribution < -0.4 is 5.46 Å². The second kappa shape index (κ2) is 3.51. The number of furan rings is 1. The van der Waals surface area contributed by atoms with Gasteiger partial charge in [0.1, 0.15) is 11.3 Å². The van der Waals surface area contributed by atoms with Crippen LogP contribution in [-0.2, 0) is 6.42 Å². The Hall–Kier alpha value is -1.52. The highest BCUT2D eigenvalue weighted by Gasteiger charge is 2.17. The summed E-state index contributed by atoms with van der Waals surface area (Å²) in [6.07, 6.45) is 6.07. The van der Waals surface area contributed by atoms with E-state index in [1.54, 1.807) is 18.2 Å². The molecule has 1 aliphatic rings. The van der Waals surface area contributed by atoms with Gasteiger partial charge in [0.15, 0.2) is 0 Å². The lowest BCUT2D eigenvalue weighted by Gasteiger charge is -2.02. The van der Waals surface area contributed by atoms with E-state index in [4.69, 9.17) is 14.5 Å². The molecule has 0 radical (unpaired) electrons. The minimum atomic E-state index is -1.43. The first-order chi connectivity index (χ1) is 7.75. The lowest BCUT2D eigenvalue weighted by atomic mass is 9.79. The van der Waals surface area contributed by atoms with Crippen LogP contribution in [0.25, 0.3) is 17.0 Å². The van der Waals surface area contributed by atoms with Gasteiger partial charge in [-0.3, -0.25) is 0 Å². The van der Waals surface area contributed by atoms with Gasteiger partial charge < -0.3 is 14.5 Å². The summed E-state index contributed by atoms with van der Waals surface area (Å²) in [6.45, 7) is 0. The highest BCUT2D eigenvalue weighted by molar-refractivity contribution is 6.58. The summed E-state index contributed by atoms with van der Waals surface area (Å²) in [4.78, 5) is 0. The molecular weight excluding hydrogens is 203 g/mol. The smallest absolute Gasteiger partial charge is 0.460 e. The Bertz CT molecular complexity index is 569. The average Bonchev–Trinajstić information content (AvgIpc) is 2.66. The molecule has 1 aromatic heterocycles. The van der Waals surface area contributed by atoms with Gasteiger partial charge in [-0.15, -0.1) is 0 Å². The van der Waals surface area contributed by atoms with Crippen LogP contribution >= 0.6 is 0 Å². The SMILES string of the molecule is OB(O)c1ccc2oc3c(c2c1)C=CCC3. The van der Waals surface area contributed by atoms with E-state index in [2.05, 4.69) is 6.08 Å². The Morgan fingerprint density at radius 1 is 1.25 bits per heavy atom. The van der Waals surface area contributed by atoms with Crippen molar-refractivity contribution in [3.05, 3.63) is 35.6 Å². The maximum absolute atomic E-state index is 9.13. The van der Waals surface area contributed by atoms with Crippen molar-refractivity contribution >= 4 is 29.6 Å². The molecule has 0 aliphatic heterocycles. The maximum atomic E-state index is 9.13. The van der Waals surface area contributed by atoms with E-state index >= 15 is 0 Å². The van der Waals surface area contributed by atoms with Gasteiger partial charge in [0.25, 0.3) is 0 Å². The first kappa shape index (κ1) is 9.69. The summed E-state index contributed by atoms with van der Waals surface area (Å²) < 4.78 is 5.71. The van der Waals surface area contributed by atoms with E-state index in [0.29, 0.717) is 5.46 Å². The molecule has 0 saturated heterocycles. The summed E-state index contributed by atoms with van der Waals surface area (Å²) in [5, 5.41) is 19.2. The van der Waals surface area contributed by atoms with Crippen molar-refractivity contribution in [2.24, 2.45) is 0 Å². The van der Waals surface area contributed by atoms with Gasteiger partial charge in [0.05, 0.1) is 0 Å². The molecule has 1 aromatic carbocycles. The largest absolute Gasteiger partial charge is 0.488 e. The third-order valence-corrected chi connectivity index (χ3v) is 2.95. The zero-order chi connectivity index (χ0) is 11.1. The van der Waals surface area contributed by atoms with E-state index in [1.165, 1.54) is 0 Å². The minimum Gasteiger partial charge on any atom is -0.460 e. The molecule has 0 spiro atoms. The lowest BCUT2D eigenvalue weighted by molar-refractivity contribution is 0.426. The third kappa shape index (κ3) is 1.38. The third-order valence-electron chi connectivity index (χ3n) is 2.95. The molecular formula is C12H11BO3. The molecule has 2 N–H and O–H groups in total. The van der Waals surface area contributed by atoms with Gasteiger partial charge in [-0.05, 0) is 17.9 Å². The van der Waals surface area contributed by atoms with Crippen LogP contribution in [0.1, 0.15) is 17.7 Å². The van der Waals surface area contributed by atoms with Crippen molar-refractivity contribution in [3.8, 4) is 0 Å². The number of rotatable bonds is 1. The van der Waals surface area contributed by atoms with Gasteiger partial charge >= 0.3 is 7.12 Å². The van der Waals surface area contributed by atoms with Crippen LogP contribution in [0, 0.1) is 0 Å². The van der Waals surface area contributed by atoms with Crippen LogP contribution in [0.3, 0.4) is 0 Å². The molecule has 2 aromatic rings.